The number of benzene rings is 2. The molecule has 0 unspecified atom stereocenters. The van der Waals surface area contributed by atoms with Gasteiger partial charge in [-0.1, -0.05) is 76.7 Å². The van der Waals surface area contributed by atoms with Gasteiger partial charge in [-0.25, -0.2) is 4.90 Å². The molecule has 2 aromatic rings. The van der Waals surface area contributed by atoms with E-state index in [1.807, 2.05) is 30.3 Å². The molecule has 1 heterocycles. The van der Waals surface area contributed by atoms with E-state index in [2.05, 4.69) is 0 Å². The van der Waals surface area contributed by atoms with Gasteiger partial charge in [0, 0.05) is 0 Å². The fraction of sp³-hybridized carbons (Fsp3) is 0.263. The number of hydrogen-bond acceptors (Lipinski definition) is 2. The number of hydrogen-bond donors (Lipinski definition) is 0. The summed E-state index contributed by atoms with van der Waals surface area (Å²) in [4.78, 5) is 24.1. The SMILES string of the molecule is O=C1[C@@H]2[C@H](C(=O)N1c1ccc3ccccc3c1)[C@@]1(Cl)C(Cl)=C(Cl)[C@@]2(Cl)C1(Cl)Cl. The highest BCUT2D eigenvalue weighted by atomic mass is 35.5. The Balaban J connectivity index is 1.68. The molecule has 3 aliphatic rings. The third-order valence-corrected chi connectivity index (χ3v) is 10.2. The summed E-state index contributed by atoms with van der Waals surface area (Å²) in [6, 6.07) is 12.9. The lowest BCUT2D eigenvalue weighted by atomic mass is 9.84. The summed E-state index contributed by atoms with van der Waals surface area (Å²) in [7, 11) is 0. The molecule has 2 aromatic carbocycles. The highest BCUT2D eigenvalue weighted by molar-refractivity contribution is 6.67. The van der Waals surface area contributed by atoms with Crippen LogP contribution in [0.5, 0.6) is 0 Å². The van der Waals surface area contributed by atoms with E-state index in [9.17, 15) is 9.59 Å². The normalized spacial score (nSPS) is 36.0. The Kier molecular flexibility index (Phi) is 3.94. The molecular weight excluding hydrogens is 487 g/mol. The van der Waals surface area contributed by atoms with Gasteiger partial charge < -0.3 is 0 Å². The van der Waals surface area contributed by atoms with Crippen LogP contribution in [-0.2, 0) is 9.59 Å². The summed E-state index contributed by atoms with van der Waals surface area (Å²) >= 11 is 39.0. The summed E-state index contributed by atoms with van der Waals surface area (Å²) in [6.45, 7) is 0. The largest absolute Gasteiger partial charge is 0.274 e. The number of carbonyl (C=O) groups excluding carboxylic acids is 2. The summed E-state index contributed by atoms with van der Waals surface area (Å²) in [5.41, 5.74) is 0.407. The van der Waals surface area contributed by atoms with Crippen LogP contribution < -0.4 is 4.90 Å². The first-order chi connectivity index (χ1) is 13.1. The van der Waals surface area contributed by atoms with E-state index in [1.54, 1.807) is 12.1 Å². The van der Waals surface area contributed by atoms with Gasteiger partial charge in [0.05, 0.1) is 27.6 Å². The Labute approximate surface area is 190 Å². The molecule has 28 heavy (non-hydrogen) atoms. The van der Waals surface area contributed by atoms with Gasteiger partial charge in [0.25, 0.3) is 0 Å². The lowest BCUT2D eigenvalue weighted by molar-refractivity contribution is -0.123. The van der Waals surface area contributed by atoms with Crippen molar-refractivity contribution in [1.29, 1.82) is 0 Å². The molecular formula is C19H9Cl6NO2. The monoisotopic (exact) mass is 493 g/mol. The molecule has 144 valence electrons. The average molecular weight is 496 g/mol. The topological polar surface area (TPSA) is 37.4 Å². The Morgan fingerprint density at radius 2 is 1.25 bits per heavy atom. The van der Waals surface area contributed by atoms with E-state index in [4.69, 9.17) is 69.6 Å². The van der Waals surface area contributed by atoms with Crippen LogP contribution in [0.15, 0.2) is 52.5 Å². The van der Waals surface area contributed by atoms with Crippen molar-refractivity contribution in [2.24, 2.45) is 11.8 Å². The third-order valence-electron chi connectivity index (χ3n) is 5.90. The van der Waals surface area contributed by atoms with Gasteiger partial charge in [0.15, 0.2) is 4.33 Å². The number of nitrogens with zero attached hydrogens (tertiary/aromatic N) is 1. The van der Waals surface area contributed by atoms with E-state index in [0.29, 0.717) is 5.69 Å². The van der Waals surface area contributed by atoms with Crippen molar-refractivity contribution in [3.8, 4) is 0 Å². The molecule has 2 bridgehead atoms. The van der Waals surface area contributed by atoms with Crippen LogP contribution in [0.25, 0.3) is 10.8 Å². The molecule has 0 radical (unpaired) electrons. The van der Waals surface area contributed by atoms with E-state index >= 15 is 0 Å². The van der Waals surface area contributed by atoms with Gasteiger partial charge in [-0.2, -0.15) is 0 Å². The fourth-order valence-electron chi connectivity index (χ4n) is 4.57. The molecule has 2 fully saturated rings. The first kappa shape index (κ1) is 19.3. The van der Waals surface area contributed by atoms with Gasteiger partial charge in [-0.15, -0.1) is 23.2 Å². The number of anilines is 1. The van der Waals surface area contributed by atoms with Crippen LogP contribution in [-0.4, -0.2) is 25.9 Å². The maximum atomic E-state index is 13.3. The van der Waals surface area contributed by atoms with Crippen molar-refractivity contribution in [3.63, 3.8) is 0 Å². The summed E-state index contributed by atoms with van der Waals surface area (Å²) in [6.07, 6.45) is 0. The quantitative estimate of drug-likeness (QED) is 0.371. The smallest absolute Gasteiger partial charge is 0.240 e. The van der Waals surface area contributed by atoms with Crippen molar-refractivity contribution < 1.29 is 9.59 Å². The molecule has 1 aliphatic heterocycles. The van der Waals surface area contributed by atoms with Gasteiger partial charge in [-0.3, -0.25) is 9.59 Å². The summed E-state index contributed by atoms with van der Waals surface area (Å²) in [5.74, 6) is -3.38. The number of halogens is 6. The van der Waals surface area contributed by atoms with Gasteiger partial charge in [0.2, 0.25) is 11.8 Å². The Morgan fingerprint density at radius 1 is 0.750 bits per heavy atom. The zero-order valence-corrected chi connectivity index (χ0v) is 18.3. The van der Waals surface area contributed by atoms with Crippen LogP contribution in [0.3, 0.4) is 0 Å². The van der Waals surface area contributed by atoms with Gasteiger partial charge in [0.1, 0.15) is 9.75 Å². The van der Waals surface area contributed by atoms with Crippen LogP contribution in [0, 0.1) is 11.8 Å². The number of rotatable bonds is 1. The predicted octanol–water partition coefficient (Wildman–Crippen LogP) is 5.79. The van der Waals surface area contributed by atoms with E-state index < -0.39 is 37.7 Å². The molecule has 4 atom stereocenters. The molecule has 1 saturated carbocycles. The molecule has 0 N–H and O–H groups in total. The highest BCUT2D eigenvalue weighted by Crippen LogP contribution is 2.77. The molecule has 0 spiro atoms. The molecule has 2 aliphatic carbocycles. The molecule has 3 nitrogen and oxygen atoms in total. The summed E-state index contributed by atoms with van der Waals surface area (Å²) < 4.78 is -1.92. The molecule has 2 amide bonds. The van der Waals surface area contributed by atoms with Crippen LogP contribution >= 0.6 is 69.6 Å². The average Bonchev–Trinajstić information content (AvgIpc) is 3.05. The van der Waals surface area contributed by atoms with Crippen molar-refractivity contribution >= 4 is 97.9 Å². The summed E-state index contributed by atoms with van der Waals surface area (Å²) in [5, 5.41) is 1.65. The van der Waals surface area contributed by atoms with Gasteiger partial charge >= 0.3 is 0 Å². The van der Waals surface area contributed by atoms with Crippen LogP contribution in [0.4, 0.5) is 5.69 Å². The molecule has 1 saturated heterocycles. The standard InChI is InChI=1S/C19H9Cl6NO2/c20-13-14(21)18(23)12-11(17(13,22)19(18,24)25)15(27)26(16(12)28)10-6-5-8-3-1-2-4-9(8)7-10/h1-7,11-12H/t11-,12+,17-,18-/m1/s1. The number of fused-ring (bicyclic) bond motifs is 6. The number of imide groups is 1. The lowest BCUT2D eigenvalue weighted by Crippen LogP contribution is -2.50. The Hall–Kier alpha value is -0.680. The minimum atomic E-state index is -1.92. The third kappa shape index (κ3) is 1.88. The second-order valence-electron chi connectivity index (χ2n) is 7.12. The minimum absolute atomic E-state index is 0.0985. The van der Waals surface area contributed by atoms with Crippen molar-refractivity contribution in [3.05, 3.63) is 52.5 Å². The Bertz CT molecular complexity index is 1080. The Morgan fingerprint density at radius 3 is 1.79 bits per heavy atom. The van der Waals surface area contributed by atoms with Crippen molar-refractivity contribution in [1.82, 2.24) is 0 Å². The highest BCUT2D eigenvalue weighted by Gasteiger charge is 2.87. The molecule has 0 aromatic heterocycles. The number of alkyl halides is 4. The number of carbonyl (C=O) groups is 2. The maximum Gasteiger partial charge on any atom is 0.240 e. The first-order valence-corrected chi connectivity index (χ1v) is 10.5. The van der Waals surface area contributed by atoms with Gasteiger partial charge in [-0.05, 0) is 22.9 Å². The number of allylic oxidation sites excluding steroid dienone is 2. The molecule has 5 rings (SSSR count). The van der Waals surface area contributed by atoms with Crippen molar-refractivity contribution in [2.45, 2.75) is 14.1 Å². The van der Waals surface area contributed by atoms with Crippen molar-refractivity contribution in [2.75, 3.05) is 4.90 Å². The van der Waals surface area contributed by atoms with Crippen LogP contribution in [0.2, 0.25) is 0 Å². The first-order valence-electron chi connectivity index (χ1n) is 8.27. The predicted molar refractivity (Wildman–Crippen MR) is 114 cm³/mol. The number of amides is 2. The zero-order chi connectivity index (χ0) is 20.2. The maximum absolute atomic E-state index is 13.3. The van der Waals surface area contributed by atoms with Crippen LogP contribution in [0.1, 0.15) is 0 Å². The lowest BCUT2D eigenvalue weighted by Gasteiger charge is -2.34. The fourth-order valence-corrected chi connectivity index (χ4v) is 7.49. The van der Waals surface area contributed by atoms with E-state index in [0.717, 1.165) is 15.7 Å². The zero-order valence-electron chi connectivity index (χ0n) is 13.7. The second-order valence-corrected chi connectivity index (χ2v) is 10.4. The minimum Gasteiger partial charge on any atom is -0.274 e. The molecule has 9 heteroatoms. The second kappa shape index (κ2) is 5.72. The van der Waals surface area contributed by atoms with E-state index in [1.165, 1.54) is 0 Å². The van der Waals surface area contributed by atoms with E-state index in [-0.39, 0.29) is 10.1 Å².